The summed E-state index contributed by atoms with van der Waals surface area (Å²) in [6.07, 6.45) is 0. The van der Waals surface area contributed by atoms with E-state index in [1.54, 1.807) is 0 Å². The molecule has 86 valence electrons. The number of hydrogen-bond acceptors (Lipinski definition) is 1. The lowest BCUT2D eigenvalue weighted by atomic mass is 10.2. The van der Waals surface area contributed by atoms with Crippen LogP contribution in [0.3, 0.4) is 0 Å². The van der Waals surface area contributed by atoms with E-state index in [-0.39, 0.29) is 12.4 Å². The normalized spacial score (nSPS) is 10.1. The molecule has 15 heavy (non-hydrogen) atoms. The summed E-state index contributed by atoms with van der Waals surface area (Å²) in [6, 6.07) is 10.4. The predicted molar refractivity (Wildman–Crippen MR) is 70.4 cm³/mol. The number of nitrogens with zero attached hydrogens (tertiary/aromatic N) is 1. The third-order valence-corrected chi connectivity index (χ3v) is 2.39. The van der Waals surface area contributed by atoms with E-state index in [4.69, 9.17) is 23.2 Å². The number of benzene rings is 1. The lowest BCUT2D eigenvalue weighted by Crippen LogP contribution is -2.27. The minimum absolute atomic E-state index is 0. The van der Waals surface area contributed by atoms with E-state index in [0.717, 1.165) is 19.6 Å². The van der Waals surface area contributed by atoms with Crippen LogP contribution in [-0.2, 0) is 6.54 Å². The van der Waals surface area contributed by atoms with E-state index in [2.05, 4.69) is 29.2 Å². The third-order valence-electron chi connectivity index (χ3n) is 2.05. The molecule has 0 heterocycles. The van der Waals surface area contributed by atoms with Crippen molar-refractivity contribution in [3.8, 4) is 0 Å². The second kappa shape index (κ2) is 9.29. The van der Waals surface area contributed by atoms with E-state index >= 15 is 0 Å². The summed E-state index contributed by atoms with van der Waals surface area (Å²) in [5.74, 6) is 1.31. The molecule has 1 nitrogen and oxygen atoms in total. The lowest BCUT2D eigenvalue weighted by molar-refractivity contribution is 0.299. The molecule has 0 atom stereocenters. The number of rotatable bonds is 6. The van der Waals surface area contributed by atoms with Gasteiger partial charge in [0.2, 0.25) is 0 Å². The minimum Gasteiger partial charge on any atom is -0.297 e. The minimum atomic E-state index is 0. The van der Waals surface area contributed by atoms with Crippen molar-refractivity contribution in [1.29, 1.82) is 0 Å². The average molecular weight is 269 g/mol. The van der Waals surface area contributed by atoms with Gasteiger partial charge in [-0.1, -0.05) is 30.3 Å². The number of hydrogen-bond donors (Lipinski definition) is 0. The Morgan fingerprint density at radius 2 is 1.47 bits per heavy atom. The number of halogens is 3. The summed E-state index contributed by atoms with van der Waals surface area (Å²) < 4.78 is 0. The topological polar surface area (TPSA) is 3.24 Å². The molecule has 0 aromatic heterocycles. The summed E-state index contributed by atoms with van der Waals surface area (Å²) in [4.78, 5) is 2.26. The zero-order valence-corrected chi connectivity index (χ0v) is 10.9. The Bertz CT molecular complexity index is 235. The molecular formula is C11H16Cl3N. The second-order valence-corrected chi connectivity index (χ2v) is 3.90. The van der Waals surface area contributed by atoms with Gasteiger partial charge in [0.25, 0.3) is 0 Å². The average Bonchev–Trinajstić information content (AvgIpc) is 2.20. The van der Waals surface area contributed by atoms with Crippen LogP contribution in [0.5, 0.6) is 0 Å². The molecule has 1 aromatic rings. The van der Waals surface area contributed by atoms with Gasteiger partial charge in [-0.2, -0.15) is 0 Å². The molecular weight excluding hydrogens is 252 g/mol. The maximum absolute atomic E-state index is 5.71. The van der Waals surface area contributed by atoms with Crippen LogP contribution in [0.2, 0.25) is 0 Å². The summed E-state index contributed by atoms with van der Waals surface area (Å²) >= 11 is 11.4. The first kappa shape index (κ1) is 15.0. The second-order valence-electron chi connectivity index (χ2n) is 3.14. The van der Waals surface area contributed by atoms with Gasteiger partial charge in [0, 0.05) is 31.4 Å². The first-order valence-corrected chi connectivity index (χ1v) is 5.82. The van der Waals surface area contributed by atoms with Crippen LogP contribution in [0.25, 0.3) is 0 Å². The van der Waals surface area contributed by atoms with Crippen LogP contribution < -0.4 is 0 Å². The molecule has 0 unspecified atom stereocenters. The Hall–Kier alpha value is 0.0500. The fourth-order valence-corrected chi connectivity index (χ4v) is 1.83. The van der Waals surface area contributed by atoms with Gasteiger partial charge in [-0.3, -0.25) is 4.90 Å². The van der Waals surface area contributed by atoms with Gasteiger partial charge in [-0.05, 0) is 5.56 Å². The highest BCUT2D eigenvalue weighted by atomic mass is 35.5. The highest BCUT2D eigenvalue weighted by Gasteiger charge is 2.03. The van der Waals surface area contributed by atoms with Crippen LogP contribution >= 0.6 is 35.6 Å². The smallest absolute Gasteiger partial charge is 0.0351 e. The highest BCUT2D eigenvalue weighted by molar-refractivity contribution is 6.18. The standard InChI is InChI=1S/C11H15Cl2N.ClH/c12-6-8-14(9-7-13)10-11-4-2-1-3-5-11;/h1-5H,6-10H2;1H. The molecule has 0 saturated carbocycles. The van der Waals surface area contributed by atoms with Crippen molar-refractivity contribution in [2.45, 2.75) is 6.54 Å². The molecule has 0 saturated heterocycles. The summed E-state index contributed by atoms with van der Waals surface area (Å²) in [7, 11) is 0. The van der Waals surface area contributed by atoms with Gasteiger partial charge in [0.15, 0.2) is 0 Å². The first-order chi connectivity index (χ1) is 6.86. The summed E-state index contributed by atoms with van der Waals surface area (Å²) in [5.41, 5.74) is 1.31. The van der Waals surface area contributed by atoms with E-state index in [0.29, 0.717) is 11.8 Å². The van der Waals surface area contributed by atoms with E-state index in [9.17, 15) is 0 Å². The molecule has 0 N–H and O–H groups in total. The van der Waals surface area contributed by atoms with Crippen LogP contribution in [0, 0.1) is 0 Å². The Morgan fingerprint density at radius 1 is 0.933 bits per heavy atom. The zero-order chi connectivity index (χ0) is 10.2. The number of alkyl halides is 2. The largest absolute Gasteiger partial charge is 0.297 e. The van der Waals surface area contributed by atoms with Crippen molar-refractivity contribution >= 4 is 35.6 Å². The van der Waals surface area contributed by atoms with Crippen LogP contribution in [0.4, 0.5) is 0 Å². The van der Waals surface area contributed by atoms with Gasteiger partial charge < -0.3 is 0 Å². The lowest BCUT2D eigenvalue weighted by Gasteiger charge is -2.19. The Morgan fingerprint density at radius 3 is 1.93 bits per heavy atom. The van der Waals surface area contributed by atoms with Gasteiger partial charge in [-0.25, -0.2) is 0 Å². The molecule has 1 rings (SSSR count). The molecule has 1 aromatic carbocycles. The van der Waals surface area contributed by atoms with Crippen molar-refractivity contribution in [3.63, 3.8) is 0 Å². The molecule has 0 fully saturated rings. The molecule has 0 aliphatic heterocycles. The first-order valence-electron chi connectivity index (χ1n) is 4.75. The monoisotopic (exact) mass is 267 g/mol. The highest BCUT2D eigenvalue weighted by Crippen LogP contribution is 2.04. The van der Waals surface area contributed by atoms with Gasteiger partial charge in [-0.15, -0.1) is 35.6 Å². The van der Waals surface area contributed by atoms with Crippen molar-refractivity contribution in [2.24, 2.45) is 0 Å². The maximum Gasteiger partial charge on any atom is 0.0351 e. The van der Waals surface area contributed by atoms with Gasteiger partial charge in [0.05, 0.1) is 0 Å². The molecule has 0 aliphatic carbocycles. The fourth-order valence-electron chi connectivity index (χ4n) is 1.35. The van der Waals surface area contributed by atoms with Gasteiger partial charge >= 0.3 is 0 Å². The maximum atomic E-state index is 5.71. The van der Waals surface area contributed by atoms with Crippen LogP contribution in [-0.4, -0.2) is 29.7 Å². The molecule has 0 radical (unpaired) electrons. The molecule has 0 spiro atoms. The fraction of sp³-hybridized carbons (Fsp3) is 0.455. The van der Waals surface area contributed by atoms with Crippen molar-refractivity contribution in [2.75, 3.05) is 24.8 Å². The Balaban J connectivity index is 0.00000196. The Labute approximate surface area is 108 Å². The van der Waals surface area contributed by atoms with E-state index < -0.39 is 0 Å². The molecule has 0 aliphatic rings. The summed E-state index contributed by atoms with van der Waals surface area (Å²) in [6.45, 7) is 2.71. The SMILES string of the molecule is Cl.ClCCN(CCCl)Cc1ccccc1. The third kappa shape index (κ3) is 6.26. The van der Waals surface area contributed by atoms with Crippen LogP contribution in [0.1, 0.15) is 5.56 Å². The van der Waals surface area contributed by atoms with Crippen molar-refractivity contribution < 1.29 is 0 Å². The van der Waals surface area contributed by atoms with Gasteiger partial charge in [0.1, 0.15) is 0 Å². The summed E-state index contributed by atoms with van der Waals surface area (Å²) in [5, 5.41) is 0. The van der Waals surface area contributed by atoms with Crippen LogP contribution in [0.15, 0.2) is 30.3 Å². The predicted octanol–water partition coefficient (Wildman–Crippen LogP) is 3.39. The van der Waals surface area contributed by atoms with Crippen molar-refractivity contribution in [3.05, 3.63) is 35.9 Å². The van der Waals surface area contributed by atoms with E-state index in [1.165, 1.54) is 5.56 Å². The molecule has 4 heteroatoms. The quantitative estimate of drug-likeness (QED) is 0.715. The molecule has 0 amide bonds. The molecule has 0 bridgehead atoms. The zero-order valence-electron chi connectivity index (χ0n) is 8.53. The van der Waals surface area contributed by atoms with Crippen molar-refractivity contribution in [1.82, 2.24) is 4.90 Å². The Kier molecular flexibility index (Phi) is 9.32. The van der Waals surface area contributed by atoms with E-state index in [1.807, 2.05) is 6.07 Å².